The van der Waals surface area contributed by atoms with Gasteiger partial charge in [-0.15, -0.1) is 0 Å². The molecule has 0 aliphatic heterocycles. The first kappa shape index (κ1) is 13.2. The molecule has 0 saturated heterocycles. The second-order valence-electron chi connectivity index (χ2n) is 5.71. The highest BCUT2D eigenvalue weighted by molar-refractivity contribution is 5.98. The molecule has 2 nitrogen and oxygen atoms in total. The maximum Gasteiger partial charge on any atom is 0.159 e. The summed E-state index contributed by atoms with van der Waals surface area (Å²) in [4.78, 5) is 11.9. The summed E-state index contributed by atoms with van der Waals surface area (Å²) in [6.45, 7) is 2.12. The van der Waals surface area contributed by atoms with E-state index >= 15 is 0 Å². The molecule has 0 bridgehead atoms. The van der Waals surface area contributed by atoms with E-state index in [1.807, 2.05) is 6.07 Å². The largest absolute Gasteiger partial charge is 0.497 e. The number of Topliss-reactive ketones (excluding diaryl/α,β-unsaturated/α-hetero) is 1. The number of carbonyl (C=O) groups excluding carboxylic acids is 1. The fourth-order valence-electron chi connectivity index (χ4n) is 3.32. The van der Waals surface area contributed by atoms with Crippen LogP contribution in [0.4, 0.5) is 0 Å². The minimum atomic E-state index is 0.350. The third kappa shape index (κ3) is 2.31. The number of allylic oxidation sites excluding steroid dienone is 4. The van der Waals surface area contributed by atoms with Crippen LogP contribution in [0.15, 0.2) is 35.9 Å². The monoisotopic (exact) mass is 268 g/mol. The Morgan fingerprint density at radius 3 is 2.85 bits per heavy atom. The Hall–Kier alpha value is -1.83. The summed E-state index contributed by atoms with van der Waals surface area (Å²) in [7, 11) is 1.69. The van der Waals surface area contributed by atoms with Crippen LogP contribution in [0.25, 0.3) is 5.57 Å². The van der Waals surface area contributed by atoms with Crippen molar-refractivity contribution in [1.29, 1.82) is 0 Å². The molecule has 0 N–H and O–H groups in total. The maximum atomic E-state index is 11.9. The molecule has 0 amide bonds. The highest BCUT2D eigenvalue weighted by Crippen LogP contribution is 2.39. The fourth-order valence-corrected chi connectivity index (χ4v) is 3.32. The first-order valence-electron chi connectivity index (χ1n) is 7.28. The van der Waals surface area contributed by atoms with E-state index in [4.69, 9.17) is 4.74 Å². The zero-order valence-corrected chi connectivity index (χ0v) is 12.1. The third-order valence-electron chi connectivity index (χ3n) is 4.43. The summed E-state index contributed by atoms with van der Waals surface area (Å²) in [6, 6.07) is 6.21. The van der Waals surface area contributed by atoms with Crippen molar-refractivity contribution in [2.24, 2.45) is 5.92 Å². The van der Waals surface area contributed by atoms with E-state index in [1.54, 1.807) is 7.11 Å². The maximum absolute atomic E-state index is 11.9. The van der Waals surface area contributed by atoms with Crippen LogP contribution in [0, 0.1) is 12.8 Å². The van der Waals surface area contributed by atoms with Crippen LogP contribution < -0.4 is 4.74 Å². The Balaban J connectivity index is 1.94. The predicted octanol–water partition coefficient (Wildman–Crippen LogP) is 4.09. The number of carbonyl (C=O) groups is 1. The van der Waals surface area contributed by atoms with Gasteiger partial charge in [0.1, 0.15) is 5.75 Å². The molecule has 1 saturated carbocycles. The second-order valence-corrected chi connectivity index (χ2v) is 5.71. The first-order chi connectivity index (χ1) is 9.69. The molecule has 0 radical (unpaired) electrons. The predicted molar refractivity (Wildman–Crippen MR) is 80.8 cm³/mol. The van der Waals surface area contributed by atoms with Gasteiger partial charge in [0.15, 0.2) is 5.78 Å². The van der Waals surface area contributed by atoms with Crippen molar-refractivity contribution in [2.45, 2.75) is 32.6 Å². The molecule has 1 unspecified atom stereocenters. The Labute approximate surface area is 120 Å². The van der Waals surface area contributed by atoms with E-state index in [0.29, 0.717) is 11.7 Å². The Morgan fingerprint density at radius 1 is 1.25 bits per heavy atom. The molecular weight excluding hydrogens is 248 g/mol. The second kappa shape index (κ2) is 5.28. The van der Waals surface area contributed by atoms with Gasteiger partial charge < -0.3 is 4.74 Å². The van der Waals surface area contributed by atoms with Gasteiger partial charge in [-0.25, -0.2) is 0 Å². The number of ketones is 1. The van der Waals surface area contributed by atoms with Crippen LogP contribution >= 0.6 is 0 Å². The molecule has 20 heavy (non-hydrogen) atoms. The number of aryl methyl sites for hydroxylation is 1. The van der Waals surface area contributed by atoms with E-state index in [0.717, 1.165) is 37.0 Å². The standard InChI is InChI=1S/C18H20O2/c1-12-10-15(20-2)7-9-16(12)14-6-8-17-13(11-14)4-3-5-18(17)19/h6-10,13H,3-5,11H2,1-2H3. The first-order valence-corrected chi connectivity index (χ1v) is 7.28. The highest BCUT2D eigenvalue weighted by Gasteiger charge is 2.28. The molecule has 0 heterocycles. The highest BCUT2D eigenvalue weighted by atomic mass is 16.5. The van der Waals surface area contributed by atoms with Gasteiger partial charge in [0.2, 0.25) is 0 Å². The number of fused-ring (bicyclic) bond motifs is 1. The Morgan fingerprint density at radius 2 is 2.10 bits per heavy atom. The van der Waals surface area contributed by atoms with Gasteiger partial charge >= 0.3 is 0 Å². The van der Waals surface area contributed by atoms with Gasteiger partial charge in [-0.1, -0.05) is 18.2 Å². The lowest BCUT2D eigenvalue weighted by Gasteiger charge is -2.28. The quantitative estimate of drug-likeness (QED) is 0.807. The smallest absolute Gasteiger partial charge is 0.159 e. The van der Waals surface area contributed by atoms with Gasteiger partial charge in [-0.3, -0.25) is 4.79 Å². The van der Waals surface area contributed by atoms with E-state index in [2.05, 4.69) is 31.2 Å². The number of benzene rings is 1. The molecule has 2 heteroatoms. The van der Waals surface area contributed by atoms with E-state index in [9.17, 15) is 4.79 Å². The van der Waals surface area contributed by atoms with Crippen LogP contribution in [0.2, 0.25) is 0 Å². The number of methoxy groups -OCH3 is 1. The van der Waals surface area contributed by atoms with Crippen molar-refractivity contribution in [2.75, 3.05) is 7.11 Å². The zero-order valence-electron chi connectivity index (χ0n) is 12.1. The topological polar surface area (TPSA) is 26.3 Å². The van der Waals surface area contributed by atoms with Gasteiger partial charge in [-0.05, 0) is 66.5 Å². The van der Waals surface area contributed by atoms with Crippen molar-refractivity contribution in [3.05, 3.63) is 47.1 Å². The summed E-state index contributed by atoms with van der Waals surface area (Å²) in [5.41, 5.74) is 4.90. The van der Waals surface area contributed by atoms with Gasteiger partial charge in [0.25, 0.3) is 0 Å². The Kier molecular flexibility index (Phi) is 3.47. The fraction of sp³-hybridized carbons (Fsp3) is 0.389. The SMILES string of the molecule is COc1ccc(C2=CC=C3C(=O)CCCC3C2)c(C)c1. The summed E-state index contributed by atoms with van der Waals surface area (Å²) >= 11 is 0. The average Bonchev–Trinajstić information content (AvgIpc) is 2.47. The van der Waals surface area contributed by atoms with Crippen molar-refractivity contribution < 1.29 is 9.53 Å². The van der Waals surface area contributed by atoms with Gasteiger partial charge in [-0.2, -0.15) is 0 Å². The molecule has 2 aliphatic carbocycles. The van der Waals surface area contributed by atoms with Crippen molar-refractivity contribution >= 4 is 11.4 Å². The average molecular weight is 268 g/mol. The molecule has 1 aromatic rings. The molecule has 104 valence electrons. The summed E-state index contributed by atoms with van der Waals surface area (Å²) in [5.74, 6) is 1.67. The summed E-state index contributed by atoms with van der Waals surface area (Å²) in [5, 5.41) is 0. The van der Waals surface area contributed by atoms with Gasteiger partial charge in [0, 0.05) is 6.42 Å². The molecule has 1 fully saturated rings. The molecule has 0 aromatic heterocycles. The van der Waals surface area contributed by atoms with Gasteiger partial charge in [0.05, 0.1) is 7.11 Å². The van der Waals surface area contributed by atoms with E-state index in [-0.39, 0.29) is 0 Å². The lowest BCUT2D eigenvalue weighted by molar-refractivity contribution is -0.117. The number of hydrogen-bond donors (Lipinski definition) is 0. The summed E-state index contributed by atoms with van der Waals surface area (Å²) in [6.07, 6.45) is 8.08. The molecule has 1 atom stereocenters. The van der Waals surface area contributed by atoms with Crippen LogP contribution in [0.5, 0.6) is 5.75 Å². The number of hydrogen-bond acceptors (Lipinski definition) is 2. The lowest BCUT2D eigenvalue weighted by atomic mass is 9.75. The summed E-state index contributed by atoms with van der Waals surface area (Å²) < 4.78 is 5.26. The van der Waals surface area contributed by atoms with Crippen LogP contribution in [-0.4, -0.2) is 12.9 Å². The van der Waals surface area contributed by atoms with Crippen LogP contribution in [-0.2, 0) is 4.79 Å². The van der Waals surface area contributed by atoms with E-state index in [1.165, 1.54) is 16.7 Å². The third-order valence-corrected chi connectivity index (χ3v) is 4.43. The van der Waals surface area contributed by atoms with E-state index < -0.39 is 0 Å². The van der Waals surface area contributed by atoms with Crippen molar-refractivity contribution in [3.8, 4) is 5.75 Å². The minimum Gasteiger partial charge on any atom is -0.497 e. The van der Waals surface area contributed by atoms with Crippen LogP contribution in [0.3, 0.4) is 0 Å². The normalized spacial score (nSPS) is 21.9. The van der Waals surface area contributed by atoms with Crippen molar-refractivity contribution in [1.82, 2.24) is 0 Å². The Bertz CT molecular complexity index is 608. The number of rotatable bonds is 2. The number of ether oxygens (including phenoxy) is 1. The molecular formula is C18H20O2. The minimum absolute atomic E-state index is 0.350. The lowest BCUT2D eigenvalue weighted by Crippen LogP contribution is -2.21. The van der Waals surface area contributed by atoms with Crippen molar-refractivity contribution in [3.63, 3.8) is 0 Å². The molecule has 3 rings (SSSR count). The zero-order chi connectivity index (χ0) is 14.1. The van der Waals surface area contributed by atoms with Crippen LogP contribution in [0.1, 0.15) is 36.8 Å². The molecule has 0 spiro atoms. The molecule has 1 aromatic carbocycles. The molecule has 2 aliphatic rings.